The first-order chi connectivity index (χ1) is 13.2. The number of benzene rings is 1. The van der Waals surface area contributed by atoms with E-state index in [-0.39, 0.29) is 17.9 Å². The number of rotatable bonds is 5. The summed E-state index contributed by atoms with van der Waals surface area (Å²) in [6.07, 6.45) is 3.75. The number of carbonyl (C=O) groups is 1. The molecule has 2 unspecified atom stereocenters. The fourth-order valence-electron chi connectivity index (χ4n) is 3.35. The molecule has 0 spiro atoms. The summed E-state index contributed by atoms with van der Waals surface area (Å²) in [6.45, 7) is 2.58. The van der Waals surface area contributed by atoms with Gasteiger partial charge >= 0.3 is 0 Å². The summed E-state index contributed by atoms with van der Waals surface area (Å²) < 4.78 is 10.6. The Morgan fingerprint density at radius 2 is 2.07 bits per heavy atom. The van der Waals surface area contributed by atoms with Crippen molar-refractivity contribution >= 4 is 5.91 Å². The smallest absolute Gasteiger partial charge is 0.232 e. The molecule has 7 heteroatoms. The Bertz CT molecular complexity index is 924. The second kappa shape index (κ2) is 7.19. The molecule has 0 saturated carbocycles. The van der Waals surface area contributed by atoms with E-state index >= 15 is 0 Å². The molecule has 1 saturated heterocycles. The minimum Gasteiger partial charge on any atom is -0.497 e. The molecule has 138 valence electrons. The van der Waals surface area contributed by atoms with Gasteiger partial charge in [0.25, 0.3) is 0 Å². The van der Waals surface area contributed by atoms with Gasteiger partial charge in [-0.3, -0.25) is 9.78 Å². The van der Waals surface area contributed by atoms with Gasteiger partial charge in [-0.15, -0.1) is 0 Å². The van der Waals surface area contributed by atoms with E-state index in [1.807, 2.05) is 48.2 Å². The molecule has 0 N–H and O–H groups in total. The molecule has 1 aliphatic rings. The Morgan fingerprint density at radius 1 is 1.26 bits per heavy atom. The van der Waals surface area contributed by atoms with Gasteiger partial charge in [-0.1, -0.05) is 17.3 Å². The minimum atomic E-state index is -0.101. The predicted octanol–water partition coefficient (Wildman–Crippen LogP) is 3.22. The molecule has 1 aliphatic heterocycles. The van der Waals surface area contributed by atoms with E-state index in [0.717, 1.165) is 16.9 Å². The van der Waals surface area contributed by atoms with E-state index < -0.39 is 0 Å². The minimum absolute atomic E-state index is 0.0332. The zero-order valence-corrected chi connectivity index (χ0v) is 15.2. The second-order valence-electron chi connectivity index (χ2n) is 6.59. The lowest BCUT2D eigenvalue weighted by atomic mass is 10.1. The summed E-state index contributed by atoms with van der Waals surface area (Å²) in [5, 5.41) is 4.03. The highest BCUT2D eigenvalue weighted by Gasteiger charge is 2.37. The highest BCUT2D eigenvalue weighted by molar-refractivity contribution is 5.80. The molecule has 2 aromatic heterocycles. The molecule has 1 aromatic carbocycles. The van der Waals surface area contributed by atoms with Crippen molar-refractivity contribution in [3.63, 3.8) is 0 Å². The van der Waals surface area contributed by atoms with Gasteiger partial charge in [-0.2, -0.15) is 4.98 Å². The van der Waals surface area contributed by atoms with Crippen molar-refractivity contribution in [1.29, 1.82) is 0 Å². The zero-order chi connectivity index (χ0) is 18.8. The lowest BCUT2D eigenvalue weighted by molar-refractivity contribution is -0.129. The van der Waals surface area contributed by atoms with E-state index in [4.69, 9.17) is 9.26 Å². The average molecular weight is 364 g/mol. The van der Waals surface area contributed by atoms with Crippen LogP contribution in [-0.4, -0.2) is 39.6 Å². The third-order valence-corrected chi connectivity index (χ3v) is 4.93. The van der Waals surface area contributed by atoms with Crippen LogP contribution in [0.15, 0.2) is 53.3 Å². The number of carbonyl (C=O) groups excluding carboxylic acids is 1. The van der Waals surface area contributed by atoms with Crippen LogP contribution in [-0.2, 0) is 4.79 Å². The predicted molar refractivity (Wildman–Crippen MR) is 98.0 cm³/mol. The highest BCUT2D eigenvalue weighted by atomic mass is 16.5. The molecule has 3 heterocycles. The Morgan fingerprint density at radius 3 is 2.78 bits per heavy atom. The lowest BCUT2D eigenvalue weighted by Gasteiger charge is -2.25. The zero-order valence-electron chi connectivity index (χ0n) is 15.2. The molecular formula is C20H20N4O3. The van der Waals surface area contributed by atoms with E-state index in [0.29, 0.717) is 24.7 Å². The molecule has 0 aliphatic carbocycles. The first-order valence-corrected chi connectivity index (χ1v) is 8.83. The number of aromatic nitrogens is 3. The van der Waals surface area contributed by atoms with Crippen LogP contribution in [0.1, 0.15) is 36.8 Å². The topological polar surface area (TPSA) is 81.3 Å². The van der Waals surface area contributed by atoms with E-state index in [2.05, 4.69) is 15.1 Å². The van der Waals surface area contributed by atoms with Crippen molar-refractivity contribution in [2.24, 2.45) is 0 Å². The summed E-state index contributed by atoms with van der Waals surface area (Å²) in [4.78, 5) is 23.0. The van der Waals surface area contributed by atoms with Gasteiger partial charge < -0.3 is 14.2 Å². The summed E-state index contributed by atoms with van der Waals surface area (Å²) in [5.74, 6) is 1.77. The number of methoxy groups -OCH3 is 1. The Hall–Kier alpha value is -3.22. The molecule has 7 nitrogen and oxygen atoms in total. The van der Waals surface area contributed by atoms with Crippen LogP contribution >= 0.6 is 0 Å². The summed E-state index contributed by atoms with van der Waals surface area (Å²) >= 11 is 0. The maximum atomic E-state index is 12.6. The molecule has 4 rings (SSSR count). The van der Waals surface area contributed by atoms with Crippen molar-refractivity contribution in [3.05, 3.63) is 60.2 Å². The monoisotopic (exact) mass is 364 g/mol. The van der Waals surface area contributed by atoms with E-state index in [1.54, 1.807) is 19.5 Å². The summed E-state index contributed by atoms with van der Waals surface area (Å²) in [6, 6.07) is 11.4. The van der Waals surface area contributed by atoms with Crippen molar-refractivity contribution in [1.82, 2.24) is 20.0 Å². The Kier molecular flexibility index (Phi) is 4.58. The lowest BCUT2D eigenvalue weighted by Crippen LogP contribution is -2.28. The average Bonchev–Trinajstić information content (AvgIpc) is 3.35. The maximum Gasteiger partial charge on any atom is 0.232 e. The van der Waals surface area contributed by atoms with Gasteiger partial charge in [0.2, 0.25) is 17.6 Å². The summed E-state index contributed by atoms with van der Waals surface area (Å²) in [5.41, 5.74) is 1.85. The number of ether oxygens (including phenoxy) is 1. The van der Waals surface area contributed by atoms with Gasteiger partial charge in [-0.25, -0.2) is 0 Å². The van der Waals surface area contributed by atoms with Crippen LogP contribution in [0.2, 0.25) is 0 Å². The fourth-order valence-corrected chi connectivity index (χ4v) is 3.35. The quantitative estimate of drug-likeness (QED) is 0.691. The Balaban J connectivity index is 1.49. The third kappa shape index (κ3) is 3.40. The van der Waals surface area contributed by atoms with Crippen molar-refractivity contribution in [2.45, 2.75) is 25.3 Å². The molecule has 3 aromatic rings. The van der Waals surface area contributed by atoms with Crippen LogP contribution in [0.4, 0.5) is 0 Å². The van der Waals surface area contributed by atoms with E-state index in [1.165, 1.54) is 0 Å². The van der Waals surface area contributed by atoms with Gasteiger partial charge in [0.05, 0.1) is 19.1 Å². The standard InChI is InChI=1S/C20H20N4O3/c1-13(14-5-7-17(26-2)8-6-14)24-12-16(10-18(24)25)20-22-19(23-27-20)15-4-3-9-21-11-15/h3-9,11,13,16H,10,12H2,1-2H3. The molecular weight excluding hydrogens is 344 g/mol. The van der Waals surface area contributed by atoms with E-state index in [9.17, 15) is 4.79 Å². The van der Waals surface area contributed by atoms with Gasteiger partial charge in [0, 0.05) is 30.9 Å². The van der Waals surface area contributed by atoms with Crippen LogP contribution in [0, 0.1) is 0 Å². The fraction of sp³-hybridized carbons (Fsp3) is 0.300. The molecule has 2 atom stereocenters. The van der Waals surface area contributed by atoms with Crippen molar-refractivity contribution in [2.75, 3.05) is 13.7 Å². The van der Waals surface area contributed by atoms with Gasteiger partial charge in [0.15, 0.2) is 0 Å². The van der Waals surface area contributed by atoms with Gasteiger partial charge in [0.1, 0.15) is 5.75 Å². The number of amides is 1. The first-order valence-electron chi connectivity index (χ1n) is 8.83. The normalized spacial score (nSPS) is 17.9. The SMILES string of the molecule is COc1ccc(C(C)N2CC(c3nc(-c4cccnc4)no3)CC2=O)cc1. The number of hydrogen-bond acceptors (Lipinski definition) is 6. The molecule has 0 radical (unpaired) electrons. The molecule has 27 heavy (non-hydrogen) atoms. The number of hydrogen-bond donors (Lipinski definition) is 0. The van der Waals surface area contributed by atoms with Gasteiger partial charge in [-0.05, 0) is 36.8 Å². The second-order valence-corrected chi connectivity index (χ2v) is 6.59. The third-order valence-electron chi connectivity index (χ3n) is 4.93. The summed E-state index contributed by atoms with van der Waals surface area (Å²) in [7, 11) is 1.64. The molecule has 1 amide bonds. The number of likely N-dealkylation sites (tertiary alicyclic amines) is 1. The highest BCUT2D eigenvalue weighted by Crippen LogP contribution is 2.34. The van der Waals surface area contributed by atoms with Crippen LogP contribution < -0.4 is 4.74 Å². The number of pyridine rings is 1. The first kappa shape index (κ1) is 17.2. The Labute approximate surface area is 157 Å². The molecule has 1 fully saturated rings. The largest absolute Gasteiger partial charge is 0.497 e. The number of nitrogens with zero attached hydrogens (tertiary/aromatic N) is 4. The molecule has 0 bridgehead atoms. The van der Waals surface area contributed by atoms with Crippen LogP contribution in [0.25, 0.3) is 11.4 Å². The maximum absolute atomic E-state index is 12.6. The van der Waals surface area contributed by atoms with Crippen LogP contribution in [0.3, 0.4) is 0 Å². The van der Waals surface area contributed by atoms with Crippen LogP contribution in [0.5, 0.6) is 5.75 Å². The van der Waals surface area contributed by atoms with Crippen molar-refractivity contribution < 1.29 is 14.1 Å². The van der Waals surface area contributed by atoms with Crippen molar-refractivity contribution in [3.8, 4) is 17.1 Å².